The highest BCUT2D eigenvalue weighted by Crippen LogP contribution is 2.09. The molecule has 1 N–H and O–H groups in total. The Morgan fingerprint density at radius 2 is 1.79 bits per heavy atom. The SMILES string of the molecule is Cc1cc(C(c2ccccc2)=S(=O)=O)n(O)c(=O)c1. The van der Waals surface area contributed by atoms with Crippen LogP contribution in [-0.2, 0) is 10.3 Å². The minimum Gasteiger partial charge on any atom is -0.425 e. The zero-order valence-electron chi connectivity index (χ0n) is 10.1. The molecule has 2 aromatic rings. The van der Waals surface area contributed by atoms with Gasteiger partial charge < -0.3 is 5.21 Å². The number of rotatable bonds is 2. The van der Waals surface area contributed by atoms with Crippen molar-refractivity contribution in [2.45, 2.75) is 6.92 Å². The molecule has 0 radical (unpaired) electrons. The standard InChI is InChI=1S/C13H11NO4S/c1-9-7-11(14(16)12(15)8-9)13(19(17)18)10-5-3-2-4-6-10/h2-8,16H,1H3. The van der Waals surface area contributed by atoms with Crippen LogP contribution in [0.5, 0.6) is 0 Å². The number of nitrogens with zero attached hydrogens (tertiary/aromatic N) is 1. The Balaban J connectivity index is 2.82. The van der Waals surface area contributed by atoms with Crippen LogP contribution >= 0.6 is 0 Å². The predicted molar refractivity (Wildman–Crippen MR) is 71.2 cm³/mol. The molecule has 0 fully saturated rings. The summed E-state index contributed by atoms with van der Waals surface area (Å²) in [5.41, 5.74) is 0.256. The third-order valence-corrected chi connectivity index (χ3v) is 3.37. The first-order valence-corrected chi connectivity index (χ1v) is 6.53. The fourth-order valence-electron chi connectivity index (χ4n) is 1.77. The van der Waals surface area contributed by atoms with Crippen molar-refractivity contribution in [3.05, 3.63) is 69.6 Å². The quantitative estimate of drug-likeness (QED) is 0.501. The third kappa shape index (κ3) is 2.58. The molecule has 98 valence electrons. The number of aryl methyl sites for hydroxylation is 1. The lowest BCUT2D eigenvalue weighted by Crippen LogP contribution is -2.24. The highest BCUT2D eigenvalue weighted by molar-refractivity contribution is 7.73. The highest BCUT2D eigenvalue weighted by atomic mass is 32.2. The Morgan fingerprint density at radius 1 is 1.16 bits per heavy atom. The van der Waals surface area contributed by atoms with Gasteiger partial charge in [-0.25, -0.2) is 0 Å². The van der Waals surface area contributed by atoms with Gasteiger partial charge in [0.1, 0.15) is 10.6 Å². The molecule has 1 aromatic carbocycles. The predicted octanol–water partition coefficient (Wildman–Crippen LogP) is 0.842. The smallest absolute Gasteiger partial charge is 0.283 e. The van der Waals surface area contributed by atoms with E-state index in [-0.39, 0.29) is 10.6 Å². The maximum atomic E-state index is 11.5. The van der Waals surface area contributed by atoms with Crippen molar-refractivity contribution < 1.29 is 13.6 Å². The normalized spacial score (nSPS) is 10.2. The van der Waals surface area contributed by atoms with Crippen molar-refractivity contribution in [2.24, 2.45) is 0 Å². The van der Waals surface area contributed by atoms with Crippen LogP contribution in [0.3, 0.4) is 0 Å². The monoisotopic (exact) mass is 277 g/mol. The molecule has 0 unspecified atom stereocenters. The molecule has 0 saturated heterocycles. The molecule has 1 aromatic heterocycles. The van der Waals surface area contributed by atoms with Crippen LogP contribution in [0.25, 0.3) is 0 Å². The molecule has 2 rings (SSSR count). The molecular formula is C13H11NO4S. The maximum absolute atomic E-state index is 11.5. The number of hydrogen-bond acceptors (Lipinski definition) is 4. The molecule has 0 saturated carbocycles. The van der Waals surface area contributed by atoms with E-state index >= 15 is 0 Å². The van der Waals surface area contributed by atoms with Crippen LogP contribution in [0.4, 0.5) is 0 Å². The molecule has 0 amide bonds. The lowest BCUT2D eigenvalue weighted by molar-refractivity contribution is 0.173. The minimum atomic E-state index is -2.59. The zero-order chi connectivity index (χ0) is 14.0. The molecule has 1 heterocycles. The van der Waals surface area contributed by atoms with Gasteiger partial charge in [0.25, 0.3) is 5.56 Å². The maximum Gasteiger partial charge on any atom is 0.283 e. The van der Waals surface area contributed by atoms with Gasteiger partial charge in [-0.2, -0.15) is 8.42 Å². The number of hydrogen-bond donors (Lipinski definition) is 1. The Kier molecular flexibility index (Phi) is 3.52. The summed E-state index contributed by atoms with van der Waals surface area (Å²) >= 11 is 0. The van der Waals surface area contributed by atoms with Crippen LogP contribution < -0.4 is 5.56 Å². The molecule has 0 aliphatic heterocycles. The topological polar surface area (TPSA) is 76.4 Å². The fraction of sp³-hybridized carbons (Fsp3) is 0.0769. The van der Waals surface area contributed by atoms with Crippen LogP contribution in [0.15, 0.2) is 47.3 Å². The van der Waals surface area contributed by atoms with Crippen LogP contribution in [-0.4, -0.2) is 23.2 Å². The Hall–Kier alpha value is -2.34. The van der Waals surface area contributed by atoms with Gasteiger partial charge in [0.2, 0.25) is 10.3 Å². The second kappa shape index (κ2) is 5.11. The van der Waals surface area contributed by atoms with E-state index in [4.69, 9.17) is 0 Å². The summed E-state index contributed by atoms with van der Waals surface area (Å²) in [4.78, 5) is 11.4. The van der Waals surface area contributed by atoms with E-state index < -0.39 is 15.9 Å². The second-order valence-electron chi connectivity index (χ2n) is 4.00. The van der Waals surface area contributed by atoms with Crippen molar-refractivity contribution in [2.75, 3.05) is 0 Å². The number of aromatic nitrogens is 1. The van der Waals surface area contributed by atoms with E-state index in [0.717, 1.165) is 0 Å². The van der Waals surface area contributed by atoms with Gasteiger partial charge in [-0.15, -0.1) is 4.73 Å². The van der Waals surface area contributed by atoms with Gasteiger partial charge in [-0.3, -0.25) is 4.79 Å². The third-order valence-electron chi connectivity index (χ3n) is 2.59. The van der Waals surface area contributed by atoms with Crippen LogP contribution in [0.2, 0.25) is 0 Å². The van der Waals surface area contributed by atoms with E-state index in [2.05, 4.69) is 0 Å². The number of benzene rings is 1. The van der Waals surface area contributed by atoms with Crippen molar-refractivity contribution in [1.82, 2.24) is 4.73 Å². The van der Waals surface area contributed by atoms with E-state index in [1.165, 1.54) is 12.1 Å². The van der Waals surface area contributed by atoms with Gasteiger partial charge >= 0.3 is 0 Å². The summed E-state index contributed by atoms with van der Waals surface area (Å²) in [5.74, 6) is 0. The molecule has 19 heavy (non-hydrogen) atoms. The van der Waals surface area contributed by atoms with Gasteiger partial charge in [-0.05, 0) is 24.1 Å². The lowest BCUT2D eigenvalue weighted by atomic mass is 10.1. The van der Waals surface area contributed by atoms with Crippen molar-refractivity contribution in [1.29, 1.82) is 0 Å². The molecular weight excluding hydrogens is 266 g/mol. The van der Waals surface area contributed by atoms with Gasteiger partial charge in [0.15, 0.2) is 0 Å². The Morgan fingerprint density at radius 3 is 2.37 bits per heavy atom. The van der Waals surface area contributed by atoms with E-state index in [1.807, 2.05) is 0 Å². The molecule has 0 atom stereocenters. The minimum absolute atomic E-state index is 0.0514. The first-order chi connectivity index (χ1) is 9.00. The van der Waals surface area contributed by atoms with E-state index in [0.29, 0.717) is 15.9 Å². The van der Waals surface area contributed by atoms with Crippen molar-refractivity contribution in [3.8, 4) is 0 Å². The molecule has 0 aliphatic carbocycles. The van der Waals surface area contributed by atoms with E-state index in [1.54, 1.807) is 37.3 Å². The first-order valence-electron chi connectivity index (χ1n) is 5.45. The van der Waals surface area contributed by atoms with Crippen molar-refractivity contribution in [3.63, 3.8) is 0 Å². The summed E-state index contributed by atoms with van der Waals surface area (Å²) in [6.45, 7) is 1.65. The van der Waals surface area contributed by atoms with Gasteiger partial charge in [0, 0.05) is 6.07 Å². The lowest BCUT2D eigenvalue weighted by Gasteiger charge is -2.08. The molecule has 0 bridgehead atoms. The zero-order valence-corrected chi connectivity index (χ0v) is 10.9. The molecule has 0 aliphatic rings. The van der Waals surface area contributed by atoms with Crippen molar-refractivity contribution >= 4 is 15.2 Å². The average Bonchev–Trinajstić information content (AvgIpc) is 2.36. The average molecular weight is 277 g/mol. The van der Waals surface area contributed by atoms with E-state index in [9.17, 15) is 18.4 Å². The fourth-order valence-corrected chi connectivity index (χ4v) is 2.42. The molecule has 5 nitrogen and oxygen atoms in total. The Labute approximate surface area is 110 Å². The summed E-state index contributed by atoms with van der Waals surface area (Å²) in [6, 6.07) is 11.0. The summed E-state index contributed by atoms with van der Waals surface area (Å²) in [6.07, 6.45) is 0. The first kappa shape index (κ1) is 13.1. The second-order valence-corrected chi connectivity index (χ2v) is 4.88. The van der Waals surface area contributed by atoms with Gasteiger partial charge in [-0.1, -0.05) is 30.3 Å². The summed E-state index contributed by atoms with van der Waals surface area (Å²) in [5, 5.41) is 9.71. The summed E-state index contributed by atoms with van der Waals surface area (Å²) < 4.78 is 23.2. The van der Waals surface area contributed by atoms with Crippen LogP contribution in [0, 0.1) is 6.92 Å². The molecule has 0 spiro atoms. The largest absolute Gasteiger partial charge is 0.425 e. The highest BCUT2D eigenvalue weighted by Gasteiger charge is 2.14. The Bertz CT molecular complexity index is 796. The van der Waals surface area contributed by atoms with Gasteiger partial charge in [0.05, 0.1) is 0 Å². The number of pyridine rings is 1. The molecule has 6 heteroatoms. The summed E-state index contributed by atoms with van der Waals surface area (Å²) in [7, 11) is -2.59. The van der Waals surface area contributed by atoms with Crippen LogP contribution in [0.1, 0.15) is 16.8 Å².